The standard InChI is InChI=1S/C14H20N4S2/c1-8(2)10-5-4-6-18(10)14-11(12(15)17-20-14)13-16-9(3)7-19-13/h7-8,10H,4-6H2,1-3H3,(H2,15,17). The topological polar surface area (TPSA) is 55.0 Å². The quantitative estimate of drug-likeness (QED) is 0.937. The highest BCUT2D eigenvalue weighted by molar-refractivity contribution is 7.15. The highest BCUT2D eigenvalue weighted by atomic mass is 32.1. The first-order valence-corrected chi connectivity index (χ1v) is 8.67. The zero-order chi connectivity index (χ0) is 14.3. The molecule has 1 aliphatic heterocycles. The minimum atomic E-state index is 0.592. The second kappa shape index (κ2) is 5.33. The van der Waals surface area contributed by atoms with Crippen LogP contribution >= 0.6 is 22.9 Å². The van der Waals surface area contributed by atoms with Gasteiger partial charge in [0.05, 0.1) is 5.56 Å². The Morgan fingerprint density at radius 2 is 2.25 bits per heavy atom. The number of nitrogens with two attached hydrogens (primary N) is 1. The van der Waals surface area contributed by atoms with Crippen LogP contribution in [0.3, 0.4) is 0 Å². The van der Waals surface area contributed by atoms with Crippen LogP contribution in [0.15, 0.2) is 5.38 Å². The Hall–Kier alpha value is -1.14. The summed E-state index contributed by atoms with van der Waals surface area (Å²) in [5, 5.41) is 4.27. The minimum Gasteiger partial charge on any atom is -0.382 e. The zero-order valence-electron chi connectivity index (χ0n) is 12.1. The summed E-state index contributed by atoms with van der Waals surface area (Å²) in [6, 6.07) is 0.592. The molecule has 3 rings (SSSR count). The van der Waals surface area contributed by atoms with E-state index in [9.17, 15) is 0 Å². The van der Waals surface area contributed by atoms with Gasteiger partial charge < -0.3 is 10.6 Å². The van der Waals surface area contributed by atoms with Crippen molar-refractivity contribution >= 4 is 33.7 Å². The van der Waals surface area contributed by atoms with Gasteiger partial charge in [-0.05, 0) is 37.2 Å². The lowest BCUT2D eigenvalue weighted by Crippen LogP contribution is -2.33. The molecule has 4 nitrogen and oxygen atoms in total. The van der Waals surface area contributed by atoms with Crippen molar-refractivity contribution in [1.82, 2.24) is 9.36 Å². The third kappa shape index (κ3) is 2.31. The normalized spacial score (nSPS) is 19.2. The van der Waals surface area contributed by atoms with E-state index in [4.69, 9.17) is 5.73 Å². The van der Waals surface area contributed by atoms with E-state index >= 15 is 0 Å². The number of aryl methyl sites for hydroxylation is 1. The largest absolute Gasteiger partial charge is 0.382 e. The number of nitrogen functional groups attached to an aromatic ring is 1. The summed E-state index contributed by atoms with van der Waals surface area (Å²) >= 11 is 3.17. The zero-order valence-corrected chi connectivity index (χ0v) is 13.7. The van der Waals surface area contributed by atoms with E-state index in [0.29, 0.717) is 17.8 Å². The number of hydrogen-bond acceptors (Lipinski definition) is 6. The van der Waals surface area contributed by atoms with Gasteiger partial charge in [0.15, 0.2) is 0 Å². The summed E-state index contributed by atoms with van der Waals surface area (Å²) in [6.45, 7) is 7.70. The van der Waals surface area contributed by atoms with Crippen LogP contribution < -0.4 is 10.6 Å². The fraction of sp³-hybridized carbons (Fsp3) is 0.571. The third-order valence-corrected chi connectivity index (χ3v) is 5.74. The van der Waals surface area contributed by atoms with Gasteiger partial charge in [-0.3, -0.25) is 0 Å². The average Bonchev–Trinajstić information content (AvgIpc) is 3.07. The molecule has 1 unspecified atom stereocenters. The molecule has 1 atom stereocenters. The molecule has 20 heavy (non-hydrogen) atoms. The molecule has 3 heterocycles. The number of aromatic nitrogens is 2. The van der Waals surface area contributed by atoms with Crippen LogP contribution in [0, 0.1) is 12.8 Å². The van der Waals surface area contributed by atoms with Crippen LogP contribution in [0.2, 0.25) is 0 Å². The van der Waals surface area contributed by atoms with Crippen molar-refractivity contribution in [1.29, 1.82) is 0 Å². The van der Waals surface area contributed by atoms with E-state index in [-0.39, 0.29) is 0 Å². The van der Waals surface area contributed by atoms with E-state index in [2.05, 4.69) is 33.5 Å². The summed E-state index contributed by atoms with van der Waals surface area (Å²) in [5.41, 5.74) is 8.20. The molecule has 0 saturated carbocycles. The van der Waals surface area contributed by atoms with Crippen LogP contribution in [0.25, 0.3) is 10.6 Å². The molecule has 1 aliphatic rings. The fourth-order valence-electron chi connectivity index (χ4n) is 2.90. The van der Waals surface area contributed by atoms with Crippen LogP contribution in [0.1, 0.15) is 32.4 Å². The van der Waals surface area contributed by atoms with Crippen LogP contribution in [0.5, 0.6) is 0 Å². The van der Waals surface area contributed by atoms with Crippen molar-refractivity contribution in [2.24, 2.45) is 5.92 Å². The minimum absolute atomic E-state index is 0.592. The summed E-state index contributed by atoms with van der Waals surface area (Å²) in [6.07, 6.45) is 2.50. The average molecular weight is 308 g/mol. The van der Waals surface area contributed by atoms with Gasteiger partial charge in [0.2, 0.25) is 0 Å². The van der Waals surface area contributed by atoms with Crippen molar-refractivity contribution in [2.75, 3.05) is 17.2 Å². The van der Waals surface area contributed by atoms with E-state index in [0.717, 1.165) is 22.8 Å². The van der Waals surface area contributed by atoms with Crippen LogP contribution in [-0.2, 0) is 0 Å². The molecule has 0 amide bonds. The lowest BCUT2D eigenvalue weighted by Gasteiger charge is -2.28. The second-order valence-corrected chi connectivity index (χ2v) is 7.30. The Kier molecular flexibility index (Phi) is 3.69. The molecule has 1 saturated heterocycles. The highest BCUT2D eigenvalue weighted by Gasteiger charge is 2.31. The summed E-state index contributed by atoms with van der Waals surface area (Å²) in [5.74, 6) is 1.26. The Labute approximate surface area is 127 Å². The maximum atomic E-state index is 6.11. The smallest absolute Gasteiger partial charge is 0.149 e. The maximum absolute atomic E-state index is 6.11. The van der Waals surface area contributed by atoms with Crippen LogP contribution in [0.4, 0.5) is 10.8 Å². The fourth-order valence-corrected chi connectivity index (χ4v) is 4.71. The van der Waals surface area contributed by atoms with E-state index < -0.39 is 0 Å². The molecular weight excluding hydrogens is 288 g/mol. The van der Waals surface area contributed by atoms with Crippen molar-refractivity contribution in [2.45, 2.75) is 39.7 Å². The van der Waals surface area contributed by atoms with Crippen molar-refractivity contribution < 1.29 is 0 Å². The molecule has 0 spiro atoms. The molecular formula is C14H20N4S2. The molecule has 2 N–H and O–H groups in total. The number of nitrogens with zero attached hydrogens (tertiary/aromatic N) is 3. The lowest BCUT2D eigenvalue weighted by atomic mass is 10.0. The van der Waals surface area contributed by atoms with E-state index in [1.807, 2.05) is 6.92 Å². The van der Waals surface area contributed by atoms with Crippen molar-refractivity contribution in [3.05, 3.63) is 11.1 Å². The van der Waals surface area contributed by atoms with E-state index in [1.54, 1.807) is 11.3 Å². The predicted molar refractivity (Wildman–Crippen MR) is 87.6 cm³/mol. The predicted octanol–water partition coefficient (Wildman–Crippen LogP) is 3.78. The Morgan fingerprint density at radius 3 is 2.90 bits per heavy atom. The highest BCUT2D eigenvalue weighted by Crippen LogP contribution is 2.43. The van der Waals surface area contributed by atoms with Gasteiger partial charge in [-0.25, -0.2) is 4.98 Å². The van der Waals surface area contributed by atoms with Crippen molar-refractivity contribution in [3.63, 3.8) is 0 Å². The molecule has 2 aromatic heterocycles. The monoisotopic (exact) mass is 308 g/mol. The molecule has 0 aliphatic carbocycles. The molecule has 1 fully saturated rings. The van der Waals surface area contributed by atoms with Gasteiger partial charge in [-0.2, -0.15) is 4.37 Å². The maximum Gasteiger partial charge on any atom is 0.149 e. The lowest BCUT2D eigenvalue weighted by molar-refractivity contribution is 0.493. The van der Waals surface area contributed by atoms with E-state index in [1.165, 1.54) is 29.4 Å². The van der Waals surface area contributed by atoms with Gasteiger partial charge in [0.1, 0.15) is 15.8 Å². The number of thiazole rings is 1. The Bertz CT molecular complexity index is 602. The SMILES string of the molecule is Cc1csc(-c2c(N)nsc2N2CCCC2C(C)C)n1. The first kappa shape index (κ1) is 13.8. The Balaban J connectivity index is 2.03. The third-order valence-electron chi connectivity index (χ3n) is 3.86. The van der Waals surface area contributed by atoms with Gasteiger partial charge in [-0.1, -0.05) is 13.8 Å². The summed E-state index contributed by atoms with van der Waals surface area (Å²) < 4.78 is 4.39. The summed E-state index contributed by atoms with van der Waals surface area (Å²) in [7, 11) is 0. The molecule has 0 radical (unpaired) electrons. The van der Waals surface area contributed by atoms with Gasteiger partial charge >= 0.3 is 0 Å². The number of anilines is 2. The van der Waals surface area contributed by atoms with Gasteiger partial charge in [0.25, 0.3) is 0 Å². The van der Waals surface area contributed by atoms with Gasteiger partial charge in [-0.15, -0.1) is 11.3 Å². The second-order valence-electron chi connectivity index (χ2n) is 5.69. The first-order chi connectivity index (χ1) is 9.58. The van der Waals surface area contributed by atoms with Crippen molar-refractivity contribution in [3.8, 4) is 10.6 Å². The molecule has 0 bridgehead atoms. The molecule has 0 aromatic carbocycles. The Morgan fingerprint density at radius 1 is 1.45 bits per heavy atom. The van der Waals surface area contributed by atoms with Gasteiger partial charge in [0, 0.05) is 23.7 Å². The number of hydrogen-bond donors (Lipinski definition) is 1. The molecule has 2 aromatic rings. The first-order valence-electron chi connectivity index (χ1n) is 7.02. The number of rotatable bonds is 3. The van der Waals surface area contributed by atoms with Crippen LogP contribution in [-0.4, -0.2) is 21.9 Å². The molecule has 108 valence electrons. The summed E-state index contributed by atoms with van der Waals surface area (Å²) in [4.78, 5) is 7.09. The molecule has 6 heteroatoms.